The zero-order valence-corrected chi connectivity index (χ0v) is 49.7. The van der Waals surface area contributed by atoms with E-state index in [0.717, 1.165) is 60.1 Å². The van der Waals surface area contributed by atoms with Crippen molar-refractivity contribution in [3.05, 3.63) is 230 Å². The van der Waals surface area contributed by atoms with Crippen molar-refractivity contribution in [1.29, 1.82) is 0 Å². The molecule has 0 radical (unpaired) electrons. The predicted octanol–water partition coefficient (Wildman–Crippen LogP) is 12.4. The van der Waals surface area contributed by atoms with Crippen LogP contribution in [0.4, 0.5) is 0 Å². The first kappa shape index (κ1) is 58.0. The third-order valence-corrected chi connectivity index (χ3v) is 21.8. The highest BCUT2D eigenvalue weighted by Gasteiger charge is 2.31. The quantitative estimate of drug-likeness (QED) is 0.0683. The number of sulfonamides is 2. The van der Waals surface area contributed by atoms with Gasteiger partial charge in [0, 0.05) is 61.6 Å². The van der Waals surface area contributed by atoms with Crippen LogP contribution in [0.3, 0.4) is 0 Å². The van der Waals surface area contributed by atoms with Gasteiger partial charge in [0.25, 0.3) is 0 Å². The van der Waals surface area contributed by atoms with E-state index >= 15 is 8.42 Å². The highest BCUT2D eigenvalue weighted by molar-refractivity contribution is 9.10. The summed E-state index contributed by atoms with van der Waals surface area (Å²) in [6.07, 6.45) is 3.91. The van der Waals surface area contributed by atoms with E-state index in [9.17, 15) is 25.3 Å². The molecule has 16 heteroatoms. The van der Waals surface area contributed by atoms with E-state index in [0.29, 0.717) is 40.8 Å². The first-order valence-corrected chi connectivity index (χ1v) is 32.8. The largest absolute Gasteiger partial charge is 0.261 e. The Bertz CT molecular complexity index is 3940. The summed E-state index contributed by atoms with van der Waals surface area (Å²) in [5.41, 5.74) is 11.4. The molecule has 8 rings (SSSR count). The van der Waals surface area contributed by atoms with Crippen LogP contribution in [0.1, 0.15) is 68.3 Å². The van der Waals surface area contributed by atoms with Crippen molar-refractivity contribution in [2.24, 2.45) is 0 Å². The maximum Gasteiger partial charge on any atom is 0.243 e. The van der Waals surface area contributed by atoms with Crippen LogP contribution in [-0.4, -0.2) is 72.4 Å². The first-order chi connectivity index (χ1) is 36.9. The SMILES string of the molecule is CCS(=O)(=O)c1cccc(-c2ccc(CN(CCc3ccccc3Br)S(=O)(=O)c3c(C)cc(C)cc3Cc3ccc(CCN(Cc4ccc(-c5cccc(S(C)(=O)=O)c5)cc4)S(=O)(=O)c4c(C)cc(C)cc4C)nc3)cc2)c1. The van der Waals surface area contributed by atoms with Gasteiger partial charge in [-0.2, -0.15) is 8.61 Å². The van der Waals surface area contributed by atoms with Crippen molar-refractivity contribution in [1.82, 2.24) is 13.6 Å². The minimum absolute atomic E-state index is 0.00822. The summed E-state index contributed by atoms with van der Waals surface area (Å²) in [5.74, 6) is -0.00822. The maximum absolute atomic E-state index is 15.3. The van der Waals surface area contributed by atoms with Crippen LogP contribution in [0.5, 0.6) is 0 Å². The molecule has 1 heterocycles. The Kier molecular flexibility index (Phi) is 17.9. The zero-order chi connectivity index (χ0) is 56.2. The molecule has 0 saturated heterocycles. The first-order valence-electron chi connectivity index (χ1n) is 25.6. The number of aryl methyl sites for hydroxylation is 5. The Morgan fingerprint density at radius 3 is 1.49 bits per heavy atom. The molecule has 0 amide bonds. The molecule has 0 aliphatic carbocycles. The highest BCUT2D eigenvalue weighted by atomic mass is 79.9. The Morgan fingerprint density at radius 1 is 0.474 bits per heavy atom. The van der Waals surface area contributed by atoms with Crippen molar-refractivity contribution >= 4 is 55.7 Å². The molecular formula is C62H64BrN3O8S4. The summed E-state index contributed by atoms with van der Waals surface area (Å²) in [4.78, 5) is 5.77. The van der Waals surface area contributed by atoms with Crippen molar-refractivity contribution < 1.29 is 33.7 Å². The van der Waals surface area contributed by atoms with E-state index in [-0.39, 0.29) is 57.9 Å². The molecule has 0 unspecified atom stereocenters. The summed E-state index contributed by atoms with van der Waals surface area (Å²) in [6, 6.07) is 47.7. The van der Waals surface area contributed by atoms with Crippen molar-refractivity contribution in [3.8, 4) is 22.3 Å². The molecule has 8 aromatic rings. The fourth-order valence-corrected chi connectivity index (χ4v) is 15.8. The van der Waals surface area contributed by atoms with Crippen LogP contribution in [-0.2, 0) is 72.1 Å². The van der Waals surface area contributed by atoms with E-state index in [1.165, 1.54) is 14.9 Å². The van der Waals surface area contributed by atoms with Gasteiger partial charge >= 0.3 is 0 Å². The number of halogens is 1. The van der Waals surface area contributed by atoms with Gasteiger partial charge in [0.05, 0.1) is 25.3 Å². The maximum atomic E-state index is 15.3. The molecule has 0 saturated carbocycles. The van der Waals surface area contributed by atoms with Crippen LogP contribution in [0.2, 0.25) is 0 Å². The highest BCUT2D eigenvalue weighted by Crippen LogP contribution is 2.33. The lowest BCUT2D eigenvalue weighted by molar-refractivity contribution is 0.407. The predicted molar refractivity (Wildman–Crippen MR) is 315 cm³/mol. The van der Waals surface area contributed by atoms with Gasteiger partial charge in [0.1, 0.15) is 0 Å². The Morgan fingerprint density at radius 2 is 0.962 bits per heavy atom. The normalized spacial score (nSPS) is 12.4. The zero-order valence-electron chi connectivity index (χ0n) is 44.9. The van der Waals surface area contributed by atoms with Crippen molar-refractivity contribution in [2.45, 2.75) is 93.5 Å². The molecule has 0 spiro atoms. The number of hydrogen-bond donors (Lipinski definition) is 0. The van der Waals surface area contributed by atoms with E-state index < -0.39 is 39.7 Å². The van der Waals surface area contributed by atoms with Gasteiger partial charge in [-0.05, 0) is 144 Å². The lowest BCUT2D eigenvalue weighted by Gasteiger charge is -2.26. The van der Waals surface area contributed by atoms with Gasteiger partial charge < -0.3 is 0 Å². The molecule has 0 bridgehead atoms. The minimum atomic E-state index is -4.14. The molecule has 11 nitrogen and oxygen atoms in total. The molecule has 0 atom stereocenters. The number of aromatic nitrogens is 1. The molecule has 0 aliphatic heterocycles. The standard InChI is InChI=1S/C62H64BrN3O8S4/c1-8-76(69,70)59-17-12-15-55(39-59)52-26-21-48(22-27-52)41-65(31-29-53-13-9-10-18-60(53)63)78(73,74)62-47(6)35-44(3)36-56(62)37-50-23-28-57(64-40-50)30-32-66(77(71,72)61-45(4)33-43(2)34-46(61)5)42-49-19-24-51(25-20-49)54-14-11-16-58(38-54)75(7,67)68/h9-28,33-36,38-40H,8,29-32,37,41-42H2,1-7H3. The number of nitrogens with zero attached hydrogens (tertiary/aromatic N) is 3. The van der Waals surface area contributed by atoms with E-state index in [1.54, 1.807) is 49.5 Å². The number of benzene rings is 7. The van der Waals surface area contributed by atoms with Gasteiger partial charge in [-0.15, -0.1) is 0 Å². The number of hydrogen-bond acceptors (Lipinski definition) is 9. The second-order valence-electron chi connectivity index (χ2n) is 20.0. The molecule has 1 aromatic heterocycles. The fraction of sp³-hybridized carbons (Fsp3) is 0.242. The smallest absolute Gasteiger partial charge is 0.243 e. The molecule has 0 fully saturated rings. The van der Waals surface area contributed by atoms with Gasteiger partial charge in [0.15, 0.2) is 19.7 Å². The lowest BCUT2D eigenvalue weighted by Crippen LogP contribution is -2.34. The summed E-state index contributed by atoms with van der Waals surface area (Å²) < 4.78 is 114. The van der Waals surface area contributed by atoms with Crippen molar-refractivity contribution in [3.63, 3.8) is 0 Å². The van der Waals surface area contributed by atoms with Crippen molar-refractivity contribution in [2.75, 3.05) is 25.1 Å². The number of sulfone groups is 2. The van der Waals surface area contributed by atoms with E-state index in [1.807, 2.05) is 156 Å². The summed E-state index contributed by atoms with van der Waals surface area (Å²) in [7, 11) is -15.0. The Hall–Kier alpha value is -6.11. The lowest BCUT2D eigenvalue weighted by atomic mass is 10.0. The molecule has 406 valence electrons. The second kappa shape index (κ2) is 24.1. The minimum Gasteiger partial charge on any atom is -0.261 e. The van der Waals surface area contributed by atoms with Crippen LogP contribution in [0.25, 0.3) is 22.3 Å². The van der Waals surface area contributed by atoms with Gasteiger partial charge in [-0.3, -0.25) is 4.98 Å². The molecular weight excluding hydrogens is 1120 g/mol. The average molecular weight is 1190 g/mol. The monoisotopic (exact) mass is 1190 g/mol. The molecule has 78 heavy (non-hydrogen) atoms. The summed E-state index contributed by atoms with van der Waals surface area (Å²) in [6.45, 7) is 11.4. The van der Waals surface area contributed by atoms with Crippen LogP contribution in [0, 0.1) is 34.6 Å². The molecule has 0 N–H and O–H groups in total. The van der Waals surface area contributed by atoms with Gasteiger partial charge in [-0.1, -0.05) is 155 Å². The average Bonchev–Trinajstić information content (AvgIpc) is 3.39. The number of rotatable bonds is 21. The topological polar surface area (TPSA) is 156 Å². The van der Waals surface area contributed by atoms with E-state index in [2.05, 4.69) is 15.9 Å². The third-order valence-electron chi connectivity index (χ3n) is 13.9. The Labute approximate surface area is 470 Å². The second-order valence-corrected chi connectivity index (χ2v) is 28.9. The Balaban J connectivity index is 1.05. The van der Waals surface area contributed by atoms with Crippen LogP contribution in [0.15, 0.2) is 188 Å². The third kappa shape index (κ3) is 13.6. The number of pyridine rings is 1. The summed E-state index contributed by atoms with van der Waals surface area (Å²) in [5, 5.41) is 0. The van der Waals surface area contributed by atoms with Crippen LogP contribution < -0.4 is 0 Å². The molecule has 7 aromatic carbocycles. The van der Waals surface area contributed by atoms with E-state index in [4.69, 9.17) is 4.98 Å². The van der Waals surface area contributed by atoms with Gasteiger partial charge in [-0.25, -0.2) is 33.7 Å². The van der Waals surface area contributed by atoms with Crippen LogP contribution >= 0.6 is 15.9 Å². The fourth-order valence-electron chi connectivity index (χ4n) is 10.0. The molecule has 0 aliphatic rings. The van der Waals surface area contributed by atoms with Gasteiger partial charge in [0.2, 0.25) is 20.0 Å². The summed E-state index contributed by atoms with van der Waals surface area (Å²) >= 11 is 3.65.